The van der Waals surface area contributed by atoms with Gasteiger partial charge in [-0.3, -0.25) is 9.69 Å². The molecule has 6 heteroatoms. The van der Waals surface area contributed by atoms with Gasteiger partial charge in [0.2, 0.25) is 5.91 Å². The lowest BCUT2D eigenvalue weighted by atomic mass is 10.2. The van der Waals surface area contributed by atoms with Gasteiger partial charge in [-0.1, -0.05) is 25.4 Å². The number of nitrogens with zero attached hydrogens (tertiary/aromatic N) is 1. The summed E-state index contributed by atoms with van der Waals surface area (Å²) in [6.45, 7) is 5.17. The molecule has 0 aliphatic rings. The molecular weight excluding hydrogens is 280 g/mol. The van der Waals surface area contributed by atoms with E-state index in [1.165, 1.54) is 18.2 Å². The number of likely N-dealkylation sites (N-methyl/N-ethyl adjacent to an activating group) is 1. The Labute approximate surface area is 123 Å². The largest absolute Gasteiger partial charge is 0.478 e. The fraction of sp³-hybridized carbons (Fsp3) is 0.429. The predicted octanol–water partition coefficient (Wildman–Crippen LogP) is 2.56. The Morgan fingerprint density at radius 3 is 2.60 bits per heavy atom. The topological polar surface area (TPSA) is 69.6 Å². The van der Waals surface area contributed by atoms with Gasteiger partial charge in [0.05, 0.1) is 22.8 Å². The van der Waals surface area contributed by atoms with Gasteiger partial charge in [0.1, 0.15) is 0 Å². The summed E-state index contributed by atoms with van der Waals surface area (Å²) >= 11 is 5.94. The number of rotatable bonds is 6. The van der Waals surface area contributed by atoms with E-state index in [2.05, 4.69) is 19.2 Å². The van der Waals surface area contributed by atoms with Crippen LogP contribution in [0.15, 0.2) is 18.2 Å². The van der Waals surface area contributed by atoms with Crippen molar-refractivity contribution in [3.05, 3.63) is 28.8 Å². The Hall–Kier alpha value is -1.59. The minimum Gasteiger partial charge on any atom is -0.478 e. The number of carbonyl (C=O) groups excluding carboxylic acids is 1. The van der Waals surface area contributed by atoms with Crippen LogP contribution in [0.4, 0.5) is 5.69 Å². The summed E-state index contributed by atoms with van der Waals surface area (Å²) in [6.07, 6.45) is 0. The molecule has 0 aromatic heterocycles. The highest BCUT2D eigenvalue weighted by Crippen LogP contribution is 2.23. The number of carboxylic acids is 1. The molecule has 0 atom stereocenters. The Bertz CT molecular complexity index is 503. The summed E-state index contributed by atoms with van der Waals surface area (Å²) in [4.78, 5) is 24.7. The van der Waals surface area contributed by atoms with E-state index in [4.69, 9.17) is 16.7 Å². The molecule has 110 valence electrons. The second kappa shape index (κ2) is 7.26. The maximum Gasteiger partial charge on any atom is 0.335 e. The van der Waals surface area contributed by atoms with Gasteiger partial charge in [0.25, 0.3) is 0 Å². The number of halogens is 1. The van der Waals surface area contributed by atoms with Gasteiger partial charge >= 0.3 is 5.97 Å². The van der Waals surface area contributed by atoms with Crippen LogP contribution in [-0.4, -0.2) is 42.0 Å². The van der Waals surface area contributed by atoms with Crippen molar-refractivity contribution in [2.75, 3.05) is 25.5 Å². The van der Waals surface area contributed by atoms with Crippen molar-refractivity contribution >= 4 is 29.2 Å². The van der Waals surface area contributed by atoms with Crippen molar-refractivity contribution in [2.45, 2.75) is 13.8 Å². The minimum absolute atomic E-state index is 0.0836. The molecule has 1 amide bonds. The average Bonchev–Trinajstić information content (AvgIpc) is 2.30. The number of carboxylic acid groups (broad SMARTS) is 1. The molecule has 5 nitrogen and oxygen atoms in total. The summed E-state index contributed by atoms with van der Waals surface area (Å²) in [5.41, 5.74) is 0.398. The van der Waals surface area contributed by atoms with Gasteiger partial charge in [-0.15, -0.1) is 0 Å². The first-order valence-corrected chi connectivity index (χ1v) is 6.68. The van der Waals surface area contributed by atoms with Crippen molar-refractivity contribution in [3.8, 4) is 0 Å². The molecule has 0 aliphatic heterocycles. The van der Waals surface area contributed by atoms with Gasteiger partial charge in [0, 0.05) is 6.54 Å². The highest BCUT2D eigenvalue weighted by Gasteiger charge is 2.12. The van der Waals surface area contributed by atoms with E-state index in [1.807, 2.05) is 11.9 Å². The third-order valence-electron chi connectivity index (χ3n) is 2.58. The van der Waals surface area contributed by atoms with E-state index in [0.29, 0.717) is 16.6 Å². The summed E-state index contributed by atoms with van der Waals surface area (Å²) in [7, 11) is 1.86. The molecule has 0 spiro atoms. The lowest BCUT2D eigenvalue weighted by Gasteiger charge is -2.18. The van der Waals surface area contributed by atoms with Gasteiger partial charge in [0.15, 0.2) is 0 Å². The van der Waals surface area contributed by atoms with Crippen molar-refractivity contribution in [3.63, 3.8) is 0 Å². The molecule has 0 saturated carbocycles. The second-order valence-corrected chi connectivity index (χ2v) is 5.55. The third-order valence-corrected chi connectivity index (χ3v) is 2.91. The van der Waals surface area contributed by atoms with Crippen LogP contribution >= 0.6 is 11.6 Å². The van der Waals surface area contributed by atoms with E-state index < -0.39 is 5.97 Å². The van der Waals surface area contributed by atoms with Gasteiger partial charge in [-0.2, -0.15) is 0 Å². The molecule has 0 heterocycles. The molecular formula is C14H19ClN2O3. The Balaban J connectivity index is 2.70. The number of hydrogen-bond donors (Lipinski definition) is 2. The van der Waals surface area contributed by atoms with Crippen LogP contribution in [0, 0.1) is 5.92 Å². The zero-order valence-electron chi connectivity index (χ0n) is 11.8. The van der Waals surface area contributed by atoms with Crippen molar-refractivity contribution in [1.29, 1.82) is 0 Å². The summed E-state index contributed by atoms with van der Waals surface area (Å²) in [5, 5.41) is 11.9. The minimum atomic E-state index is -1.06. The third kappa shape index (κ3) is 5.19. The smallest absolute Gasteiger partial charge is 0.335 e. The van der Waals surface area contributed by atoms with Gasteiger partial charge in [-0.25, -0.2) is 4.79 Å². The molecule has 1 aromatic rings. The second-order valence-electron chi connectivity index (χ2n) is 5.14. The Morgan fingerprint density at radius 2 is 2.05 bits per heavy atom. The Kier molecular flexibility index (Phi) is 5.98. The van der Waals surface area contributed by atoms with E-state index >= 15 is 0 Å². The SMILES string of the molecule is CC(C)CN(C)CC(=O)Nc1cc(C(=O)O)ccc1Cl. The van der Waals surface area contributed by atoms with Gasteiger partial charge < -0.3 is 10.4 Å². The number of aromatic carboxylic acids is 1. The van der Waals surface area contributed by atoms with Crippen molar-refractivity contribution < 1.29 is 14.7 Å². The maximum atomic E-state index is 11.9. The number of nitrogens with one attached hydrogen (secondary N) is 1. The van der Waals surface area contributed by atoms with Crippen LogP contribution in [0.1, 0.15) is 24.2 Å². The summed E-state index contributed by atoms with van der Waals surface area (Å²) in [5.74, 6) is -0.821. The van der Waals surface area contributed by atoms with Crippen molar-refractivity contribution in [2.24, 2.45) is 5.92 Å². The number of hydrogen-bond acceptors (Lipinski definition) is 3. The predicted molar refractivity (Wildman–Crippen MR) is 79.4 cm³/mol. The zero-order chi connectivity index (χ0) is 15.3. The van der Waals surface area contributed by atoms with Crippen LogP contribution < -0.4 is 5.32 Å². The van der Waals surface area contributed by atoms with Crippen LogP contribution in [0.3, 0.4) is 0 Å². The lowest BCUT2D eigenvalue weighted by Crippen LogP contribution is -2.32. The van der Waals surface area contributed by atoms with E-state index in [-0.39, 0.29) is 18.0 Å². The molecule has 0 bridgehead atoms. The molecule has 0 unspecified atom stereocenters. The quantitative estimate of drug-likeness (QED) is 0.847. The number of amides is 1. The molecule has 0 fully saturated rings. The average molecular weight is 299 g/mol. The first-order chi connectivity index (χ1) is 9.29. The van der Waals surface area contributed by atoms with Gasteiger partial charge in [-0.05, 0) is 31.2 Å². The fourth-order valence-electron chi connectivity index (χ4n) is 1.88. The zero-order valence-corrected chi connectivity index (χ0v) is 12.6. The number of anilines is 1. The summed E-state index contributed by atoms with van der Waals surface area (Å²) in [6, 6.07) is 4.20. The van der Waals surface area contributed by atoms with Crippen LogP contribution in [-0.2, 0) is 4.79 Å². The Morgan fingerprint density at radius 1 is 1.40 bits per heavy atom. The van der Waals surface area contributed by atoms with Crippen LogP contribution in [0.2, 0.25) is 5.02 Å². The summed E-state index contributed by atoms with van der Waals surface area (Å²) < 4.78 is 0. The monoisotopic (exact) mass is 298 g/mol. The van der Waals surface area contributed by atoms with E-state index in [9.17, 15) is 9.59 Å². The fourth-order valence-corrected chi connectivity index (χ4v) is 2.04. The van der Waals surface area contributed by atoms with E-state index in [1.54, 1.807) is 0 Å². The highest BCUT2D eigenvalue weighted by atomic mass is 35.5. The molecule has 2 N–H and O–H groups in total. The highest BCUT2D eigenvalue weighted by molar-refractivity contribution is 6.33. The first-order valence-electron chi connectivity index (χ1n) is 6.31. The maximum absolute atomic E-state index is 11.9. The standard InChI is InChI=1S/C14H19ClN2O3/c1-9(2)7-17(3)8-13(18)16-12-6-10(14(19)20)4-5-11(12)15/h4-6,9H,7-8H2,1-3H3,(H,16,18)(H,19,20). The molecule has 0 saturated heterocycles. The molecule has 1 aromatic carbocycles. The van der Waals surface area contributed by atoms with E-state index in [0.717, 1.165) is 6.54 Å². The van der Waals surface area contributed by atoms with Crippen LogP contribution in [0.25, 0.3) is 0 Å². The lowest BCUT2D eigenvalue weighted by molar-refractivity contribution is -0.117. The molecule has 0 radical (unpaired) electrons. The molecule has 0 aliphatic carbocycles. The molecule has 1 rings (SSSR count). The normalized spacial score (nSPS) is 10.9. The van der Waals surface area contributed by atoms with Crippen LogP contribution in [0.5, 0.6) is 0 Å². The van der Waals surface area contributed by atoms with Crippen molar-refractivity contribution in [1.82, 2.24) is 4.90 Å². The number of benzene rings is 1. The molecule has 20 heavy (non-hydrogen) atoms. The number of carbonyl (C=O) groups is 2. The first kappa shape index (κ1) is 16.5.